The molecule has 0 saturated heterocycles. The van der Waals surface area contributed by atoms with Gasteiger partial charge in [-0.2, -0.15) is 13.2 Å². The molecule has 0 fully saturated rings. The monoisotopic (exact) mass is 512 g/mol. The van der Waals surface area contributed by atoms with Gasteiger partial charge >= 0.3 is 18.1 Å². The van der Waals surface area contributed by atoms with Crippen LogP contribution < -0.4 is 9.47 Å². The summed E-state index contributed by atoms with van der Waals surface area (Å²) in [5, 5.41) is 0. The van der Waals surface area contributed by atoms with Gasteiger partial charge in [0, 0.05) is 0 Å². The van der Waals surface area contributed by atoms with Gasteiger partial charge in [0.15, 0.2) is 0 Å². The van der Waals surface area contributed by atoms with Crippen molar-refractivity contribution in [2.45, 2.75) is 6.18 Å². The number of carbonyl (C=O) groups excluding carboxylic acids is 2. The number of rotatable bonds is 4. The summed E-state index contributed by atoms with van der Waals surface area (Å²) in [6.07, 6.45) is -4.65. The van der Waals surface area contributed by atoms with Crippen molar-refractivity contribution in [3.8, 4) is 11.5 Å². The number of ether oxygens (including phenoxy) is 2. The molecule has 0 bridgehead atoms. The zero-order valence-electron chi connectivity index (χ0n) is 14.6. The van der Waals surface area contributed by atoms with Crippen LogP contribution in [0.3, 0.4) is 0 Å². The summed E-state index contributed by atoms with van der Waals surface area (Å²) < 4.78 is 50.0. The van der Waals surface area contributed by atoms with Gasteiger partial charge in [0.05, 0.1) is 20.3 Å². The second-order valence-electron chi connectivity index (χ2n) is 5.78. The highest BCUT2D eigenvalue weighted by Crippen LogP contribution is 2.36. The molecule has 0 aliphatic heterocycles. The standard InChI is InChI=1S/C21H12F3IO4/c22-21(23,24)15-5-1-3-7-17(15)28-19(26)13-9-11-14(12-10-13)20(27)29-18-8-4-2-6-16(18)25/h1-12H. The molecule has 0 spiro atoms. The average Bonchev–Trinajstić information content (AvgIpc) is 2.69. The fourth-order valence-corrected chi connectivity index (χ4v) is 2.87. The van der Waals surface area contributed by atoms with Gasteiger partial charge in [-0.3, -0.25) is 0 Å². The maximum Gasteiger partial charge on any atom is 0.419 e. The van der Waals surface area contributed by atoms with E-state index in [1.165, 1.54) is 36.4 Å². The van der Waals surface area contributed by atoms with E-state index in [9.17, 15) is 22.8 Å². The van der Waals surface area contributed by atoms with Gasteiger partial charge in [-0.15, -0.1) is 0 Å². The molecule has 29 heavy (non-hydrogen) atoms. The van der Waals surface area contributed by atoms with Crippen LogP contribution in [0.15, 0.2) is 72.8 Å². The summed E-state index contributed by atoms with van der Waals surface area (Å²) in [6, 6.07) is 16.6. The summed E-state index contributed by atoms with van der Waals surface area (Å²) in [7, 11) is 0. The SMILES string of the molecule is O=C(Oc1ccccc1I)c1ccc(C(=O)Oc2ccccc2C(F)(F)F)cc1. The second kappa shape index (κ2) is 8.64. The van der Waals surface area contributed by atoms with Crippen molar-refractivity contribution >= 4 is 34.5 Å². The number of benzene rings is 3. The first-order chi connectivity index (χ1) is 13.8. The van der Waals surface area contributed by atoms with Crippen LogP contribution in [0.1, 0.15) is 26.3 Å². The van der Waals surface area contributed by atoms with E-state index in [0.717, 1.165) is 15.7 Å². The first-order valence-electron chi connectivity index (χ1n) is 8.21. The first kappa shape index (κ1) is 20.8. The molecule has 0 unspecified atom stereocenters. The van der Waals surface area contributed by atoms with E-state index in [0.29, 0.717) is 5.75 Å². The molecular formula is C21H12F3IO4. The third-order valence-corrected chi connectivity index (χ3v) is 4.68. The molecule has 8 heteroatoms. The molecule has 0 aliphatic rings. The average molecular weight is 512 g/mol. The largest absolute Gasteiger partial charge is 0.422 e. The summed E-state index contributed by atoms with van der Waals surface area (Å²) in [5.41, 5.74) is -0.879. The van der Waals surface area contributed by atoms with Gasteiger partial charge in [-0.25, -0.2) is 9.59 Å². The number of para-hydroxylation sites is 2. The predicted octanol–water partition coefficient (Wildman–Crippen LogP) is 5.75. The molecule has 3 rings (SSSR count). The number of halogens is 4. The topological polar surface area (TPSA) is 52.6 Å². The van der Waals surface area contributed by atoms with Crippen LogP contribution in [0.25, 0.3) is 0 Å². The van der Waals surface area contributed by atoms with E-state index in [1.54, 1.807) is 24.3 Å². The molecule has 3 aromatic carbocycles. The fourth-order valence-electron chi connectivity index (χ4n) is 2.38. The normalized spacial score (nSPS) is 11.0. The van der Waals surface area contributed by atoms with Gasteiger partial charge in [-0.1, -0.05) is 24.3 Å². The van der Waals surface area contributed by atoms with E-state index in [1.807, 2.05) is 22.6 Å². The maximum absolute atomic E-state index is 13.0. The molecule has 0 aliphatic carbocycles. The van der Waals surface area contributed by atoms with Crippen molar-refractivity contribution in [1.29, 1.82) is 0 Å². The molecular weight excluding hydrogens is 500 g/mol. The smallest absolute Gasteiger partial charge is 0.419 e. The quantitative estimate of drug-likeness (QED) is 0.254. The highest BCUT2D eigenvalue weighted by molar-refractivity contribution is 14.1. The van der Waals surface area contributed by atoms with E-state index < -0.39 is 29.4 Å². The molecule has 3 aromatic rings. The lowest BCUT2D eigenvalue weighted by Crippen LogP contribution is -2.14. The first-order valence-corrected chi connectivity index (χ1v) is 9.29. The van der Waals surface area contributed by atoms with Crippen LogP contribution >= 0.6 is 22.6 Å². The van der Waals surface area contributed by atoms with Gasteiger partial charge in [-0.05, 0) is 71.1 Å². The number of carbonyl (C=O) groups is 2. The highest BCUT2D eigenvalue weighted by atomic mass is 127. The molecule has 0 saturated carbocycles. The molecule has 0 amide bonds. The van der Waals surface area contributed by atoms with Crippen molar-refractivity contribution in [1.82, 2.24) is 0 Å². The van der Waals surface area contributed by atoms with E-state index >= 15 is 0 Å². The van der Waals surface area contributed by atoms with Crippen LogP contribution in [0.5, 0.6) is 11.5 Å². The lowest BCUT2D eigenvalue weighted by molar-refractivity contribution is -0.138. The van der Waals surface area contributed by atoms with Gasteiger partial charge in [0.2, 0.25) is 0 Å². The van der Waals surface area contributed by atoms with Crippen LogP contribution in [0.4, 0.5) is 13.2 Å². The third-order valence-electron chi connectivity index (χ3n) is 3.79. The summed E-state index contributed by atoms with van der Waals surface area (Å²) in [5.74, 6) is -1.80. The maximum atomic E-state index is 13.0. The predicted molar refractivity (Wildman–Crippen MR) is 107 cm³/mol. The zero-order valence-corrected chi connectivity index (χ0v) is 16.7. The number of hydrogen-bond donors (Lipinski definition) is 0. The van der Waals surface area contributed by atoms with Crippen LogP contribution in [-0.4, -0.2) is 11.9 Å². The summed E-state index contributed by atoms with van der Waals surface area (Å²) in [6.45, 7) is 0. The van der Waals surface area contributed by atoms with Crippen LogP contribution in [-0.2, 0) is 6.18 Å². The van der Waals surface area contributed by atoms with Gasteiger partial charge in [0.25, 0.3) is 0 Å². The van der Waals surface area contributed by atoms with Gasteiger partial charge < -0.3 is 9.47 Å². The summed E-state index contributed by atoms with van der Waals surface area (Å²) in [4.78, 5) is 24.4. The fraction of sp³-hybridized carbons (Fsp3) is 0.0476. The van der Waals surface area contributed by atoms with Crippen molar-refractivity contribution in [3.63, 3.8) is 0 Å². The Labute approximate surface area is 177 Å². The van der Waals surface area contributed by atoms with Crippen LogP contribution in [0.2, 0.25) is 0 Å². The van der Waals surface area contributed by atoms with Crippen molar-refractivity contribution in [2.24, 2.45) is 0 Å². The van der Waals surface area contributed by atoms with E-state index in [2.05, 4.69) is 0 Å². The minimum atomic E-state index is -4.65. The van der Waals surface area contributed by atoms with Crippen molar-refractivity contribution in [2.75, 3.05) is 0 Å². The Balaban J connectivity index is 1.73. The molecule has 4 nitrogen and oxygen atoms in total. The van der Waals surface area contributed by atoms with Gasteiger partial charge in [0.1, 0.15) is 11.5 Å². The molecule has 0 heterocycles. The molecule has 148 valence electrons. The third kappa shape index (κ3) is 5.14. The van der Waals surface area contributed by atoms with E-state index in [4.69, 9.17) is 9.47 Å². The molecule has 0 N–H and O–H groups in total. The highest BCUT2D eigenvalue weighted by Gasteiger charge is 2.34. The zero-order chi connectivity index (χ0) is 21.0. The Morgan fingerprint density at radius 3 is 1.66 bits per heavy atom. The van der Waals surface area contributed by atoms with Crippen LogP contribution in [0, 0.1) is 3.57 Å². The Hall–Kier alpha value is -2.88. The molecule has 0 atom stereocenters. The lowest BCUT2D eigenvalue weighted by Gasteiger charge is -2.12. The number of hydrogen-bond acceptors (Lipinski definition) is 4. The Morgan fingerprint density at radius 1 is 0.690 bits per heavy atom. The van der Waals surface area contributed by atoms with Crippen molar-refractivity contribution < 1.29 is 32.2 Å². The lowest BCUT2D eigenvalue weighted by atomic mass is 10.1. The molecule has 0 aromatic heterocycles. The van der Waals surface area contributed by atoms with E-state index in [-0.39, 0.29) is 11.1 Å². The second-order valence-corrected chi connectivity index (χ2v) is 6.94. The number of alkyl halides is 3. The Morgan fingerprint density at radius 2 is 1.14 bits per heavy atom. The number of esters is 2. The molecule has 0 radical (unpaired) electrons. The minimum absolute atomic E-state index is 0.00665. The minimum Gasteiger partial charge on any atom is -0.422 e. The van der Waals surface area contributed by atoms with Crippen molar-refractivity contribution in [3.05, 3.63) is 93.1 Å². The summed E-state index contributed by atoms with van der Waals surface area (Å²) >= 11 is 2.03. The Kier molecular flexibility index (Phi) is 6.21. The Bertz CT molecular complexity index is 1050.